The molecule has 0 radical (unpaired) electrons. The van der Waals surface area contributed by atoms with Crippen molar-refractivity contribution in [3.8, 4) is 5.69 Å². The molecule has 0 saturated carbocycles. The van der Waals surface area contributed by atoms with Gasteiger partial charge < -0.3 is 0 Å². The first-order valence-electron chi connectivity index (χ1n) is 4.58. The largest absolute Gasteiger partial charge is 0.334 e. The summed E-state index contributed by atoms with van der Waals surface area (Å²) in [6.07, 6.45) is 0. The molecule has 8 heteroatoms. The molecule has 1 aromatic carbocycles. The number of H-pyrrole nitrogens is 1. The average Bonchev–Trinajstić information content (AvgIpc) is 2.30. The lowest BCUT2D eigenvalue weighted by Crippen LogP contribution is -2.37. The maximum Gasteiger partial charge on any atom is 0.334 e. The lowest BCUT2D eigenvalue weighted by Gasteiger charge is -2.07. The van der Waals surface area contributed by atoms with Crippen molar-refractivity contribution in [3.63, 3.8) is 0 Å². The summed E-state index contributed by atoms with van der Waals surface area (Å²) < 4.78 is 40.1. The van der Waals surface area contributed by atoms with E-state index < -0.39 is 39.5 Å². The molecule has 0 saturated heterocycles. The third-order valence-electron chi connectivity index (χ3n) is 2.16. The van der Waals surface area contributed by atoms with Crippen LogP contribution in [0.1, 0.15) is 0 Å². The molecule has 1 heterocycles. The summed E-state index contributed by atoms with van der Waals surface area (Å²) in [5, 5.41) is -0.821. The van der Waals surface area contributed by atoms with Crippen LogP contribution in [0.4, 0.5) is 13.2 Å². The third-order valence-corrected chi connectivity index (χ3v) is 2.42. The average molecular weight is 277 g/mol. The summed E-state index contributed by atoms with van der Waals surface area (Å²) >= 11 is 5.23. The van der Waals surface area contributed by atoms with Crippen LogP contribution in [0.15, 0.2) is 27.8 Å². The Kier molecular flexibility index (Phi) is 3.00. The highest BCUT2D eigenvalue weighted by atomic mass is 35.5. The van der Waals surface area contributed by atoms with E-state index >= 15 is 0 Å². The van der Waals surface area contributed by atoms with Crippen molar-refractivity contribution in [1.82, 2.24) is 9.55 Å². The number of aromatic nitrogens is 2. The molecule has 0 fully saturated rings. The molecule has 0 aliphatic rings. The van der Waals surface area contributed by atoms with E-state index in [1.807, 2.05) is 0 Å². The quantitative estimate of drug-likeness (QED) is 0.804. The second-order valence-corrected chi connectivity index (χ2v) is 3.65. The molecule has 0 spiro atoms. The standard InChI is InChI=1S/C10H4ClF3N2O2/c11-8-6(14)9(17)16(10(18)15-8)7-4(12)2-1-3-5(7)13/h1-3H,(H,15,18). The molecule has 0 unspecified atom stereocenters. The molecule has 94 valence electrons. The number of hydrogen-bond donors (Lipinski definition) is 1. The second kappa shape index (κ2) is 4.34. The monoisotopic (exact) mass is 276 g/mol. The first kappa shape index (κ1) is 12.4. The summed E-state index contributed by atoms with van der Waals surface area (Å²) in [7, 11) is 0. The minimum Gasteiger partial charge on any atom is -0.295 e. The summed E-state index contributed by atoms with van der Waals surface area (Å²) in [5.74, 6) is -3.85. The van der Waals surface area contributed by atoms with Crippen LogP contribution in [-0.4, -0.2) is 9.55 Å². The number of nitrogens with one attached hydrogen (secondary N) is 1. The minimum absolute atomic E-state index is 0.00583. The molecule has 18 heavy (non-hydrogen) atoms. The van der Waals surface area contributed by atoms with E-state index in [9.17, 15) is 22.8 Å². The first-order chi connectivity index (χ1) is 8.43. The van der Waals surface area contributed by atoms with Gasteiger partial charge in [-0.15, -0.1) is 0 Å². The Balaban J connectivity index is 2.94. The highest BCUT2D eigenvalue weighted by molar-refractivity contribution is 6.29. The van der Waals surface area contributed by atoms with Crippen molar-refractivity contribution >= 4 is 11.6 Å². The van der Waals surface area contributed by atoms with Crippen LogP contribution in [0, 0.1) is 17.5 Å². The maximum absolute atomic E-state index is 13.4. The Morgan fingerprint density at radius 3 is 2.22 bits per heavy atom. The molecule has 0 aliphatic carbocycles. The van der Waals surface area contributed by atoms with Gasteiger partial charge in [-0.05, 0) is 12.1 Å². The number of rotatable bonds is 1. The molecular weight excluding hydrogens is 273 g/mol. The molecule has 0 aliphatic heterocycles. The first-order valence-corrected chi connectivity index (χ1v) is 4.96. The van der Waals surface area contributed by atoms with Crippen LogP contribution >= 0.6 is 11.6 Å². The fourth-order valence-corrected chi connectivity index (χ4v) is 1.56. The van der Waals surface area contributed by atoms with Gasteiger partial charge in [0.05, 0.1) is 0 Å². The van der Waals surface area contributed by atoms with E-state index in [-0.39, 0.29) is 4.57 Å². The molecule has 2 aromatic rings. The highest BCUT2D eigenvalue weighted by Crippen LogP contribution is 2.14. The lowest BCUT2D eigenvalue weighted by molar-refractivity contribution is 0.544. The molecule has 0 amide bonds. The Labute approximate surface area is 102 Å². The molecule has 2 rings (SSSR count). The van der Waals surface area contributed by atoms with Crippen LogP contribution < -0.4 is 11.2 Å². The fourth-order valence-electron chi connectivity index (χ4n) is 1.39. The Morgan fingerprint density at radius 2 is 1.67 bits per heavy atom. The highest BCUT2D eigenvalue weighted by Gasteiger charge is 2.19. The Bertz CT molecular complexity index is 719. The zero-order valence-electron chi connectivity index (χ0n) is 8.51. The maximum atomic E-state index is 13.4. The predicted octanol–water partition coefficient (Wildman–Crippen LogP) is 1.60. The molecule has 4 nitrogen and oxygen atoms in total. The summed E-state index contributed by atoms with van der Waals surface area (Å²) in [4.78, 5) is 24.7. The normalized spacial score (nSPS) is 10.7. The van der Waals surface area contributed by atoms with Crippen molar-refractivity contribution in [1.29, 1.82) is 0 Å². The zero-order valence-corrected chi connectivity index (χ0v) is 9.26. The molecule has 1 N–H and O–H groups in total. The number of para-hydroxylation sites is 1. The molecule has 0 atom stereocenters. The Morgan fingerprint density at radius 1 is 1.11 bits per heavy atom. The lowest BCUT2D eigenvalue weighted by atomic mass is 10.3. The van der Waals surface area contributed by atoms with Crippen molar-refractivity contribution in [2.75, 3.05) is 0 Å². The van der Waals surface area contributed by atoms with Crippen LogP contribution in [0.3, 0.4) is 0 Å². The van der Waals surface area contributed by atoms with E-state index in [1.165, 1.54) is 0 Å². The predicted molar refractivity (Wildman–Crippen MR) is 57.5 cm³/mol. The van der Waals surface area contributed by atoms with Crippen molar-refractivity contribution in [2.45, 2.75) is 0 Å². The summed E-state index contributed by atoms with van der Waals surface area (Å²) in [5.41, 5.74) is -3.73. The SMILES string of the molecule is O=c1[nH]c(Cl)c(F)c(=O)n1-c1c(F)cccc1F. The summed E-state index contributed by atoms with van der Waals surface area (Å²) in [6.45, 7) is 0. The van der Waals surface area contributed by atoms with Crippen molar-refractivity contribution in [3.05, 3.63) is 61.6 Å². The van der Waals surface area contributed by atoms with E-state index in [2.05, 4.69) is 0 Å². The van der Waals surface area contributed by atoms with E-state index in [0.29, 0.717) is 0 Å². The second-order valence-electron chi connectivity index (χ2n) is 3.27. The fraction of sp³-hybridized carbons (Fsp3) is 0. The third kappa shape index (κ3) is 1.82. The van der Waals surface area contributed by atoms with Gasteiger partial charge in [-0.25, -0.2) is 18.1 Å². The topological polar surface area (TPSA) is 54.9 Å². The van der Waals surface area contributed by atoms with Crippen LogP contribution in [0.5, 0.6) is 0 Å². The van der Waals surface area contributed by atoms with Crippen LogP contribution in [0.2, 0.25) is 5.15 Å². The number of benzene rings is 1. The van der Waals surface area contributed by atoms with Gasteiger partial charge in [0.15, 0.2) is 5.15 Å². The van der Waals surface area contributed by atoms with Gasteiger partial charge in [-0.3, -0.25) is 9.78 Å². The van der Waals surface area contributed by atoms with Gasteiger partial charge in [0.2, 0.25) is 5.82 Å². The smallest absolute Gasteiger partial charge is 0.295 e. The van der Waals surface area contributed by atoms with Gasteiger partial charge >= 0.3 is 5.69 Å². The minimum atomic E-state index is -1.53. The van der Waals surface area contributed by atoms with Crippen molar-refractivity contribution in [2.24, 2.45) is 0 Å². The van der Waals surface area contributed by atoms with Crippen LogP contribution in [0.25, 0.3) is 5.69 Å². The number of halogens is 4. The van der Waals surface area contributed by atoms with E-state index in [0.717, 1.165) is 18.2 Å². The zero-order chi connectivity index (χ0) is 13.4. The van der Waals surface area contributed by atoms with E-state index in [4.69, 9.17) is 11.6 Å². The number of aromatic amines is 1. The van der Waals surface area contributed by atoms with Gasteiger partial charge in [0, 0.05) is 0 Å². The molecule has 0 bridgehead atoms. The number of nitrogens with zero attached hydrogens (tertiary/aromatic N) is 1. The van der Waals surface area contributed by atoms with Gasteiger partial charge in [-0.1, -0.05) is 17.7 Å². The van der Waals surface area contributed by atoms with Gasteiger partial charge in [-0.2, -0.15) is 4.39 Å². The van der Waals surface area contributed by atoms with Crippen LogP contribution in [-0.2, 0) is 0 Å². The van der Waals surface area contributed by atoms with Gasteiger partial charge in [0.1, 0.15) is 17.3 Å². The van der Waals surface area contributed by atoms with E-state index in [1.54, 1.807) is 4.98 Å². The number of hydrogen-bond acceptors (Lipinski definition) is 2. The molecular formula is C10H4ClF3N2O2. The Hall–Kier alpha value is -2.02. The molecule has 1 aromatic heterocycles. The summed E-state index contributed by atoms with van der Waals surface area (Å²) in [6, 6.07) is 2.70. The van der Waals surface area contributed by atoms with Gasteiger partial charge in [0.25, 0.3) is 5.56 Å². The van der Waals surface area contributed by atoms with Crippen molar-refractivity contribution < 1.29 is 13.2 Å².